The van der Waals surface area contributed by atoms with Crippen molar-refractivity contribution in [1.29, 1.82) is 0 Å². The highest BCUT2D eigenvalue weighted by atomic mass is 32.2. The molecule has 0 N–H and O–H groups in total. The third-order valence-electron chi connectivity index (χ3n) is 3.39. The minimum absolute atomic E-state index is 0.0198. The van der Waals surface area contributed by atoms with Crippen molar-refractivity contribution in [1.82, 2.24) is 4.90 Å². The van der Waals surface area contributed by atoms with Gasteiger partial charge in [0.2, 0.25) is 0 Å². The number of hydrogen-bond acceptors (Lipinski definition) is 5. The van der Waals surface area contributed by atoms with E-state index in [1.165, 1.54) is 5.56 Å². The molecule has 18 heavy (non-hydrogen) atoms. The first-order valence-electron chi connectivity index (χ1n) is 5.79. The summed E-state index contributed by atoms with van der Waals surface area (Å²) < 4.78 is -1.50. The Kier molecular flexibility index (Phi) is 4.07. The van der Waals surface area contributed by atoms with Gasteiger partial charge in [-0.05, 0) is 12.5 Å². The molecule has 1 aromatic rings. The van der Waals surface area contributed by atoms with Gasteiger partial charge >= 0.3 is 0 Å². The summed E-state index contributed by atoms with van der Waals surface area (Å²) in [5.41, 5.74) is 1.22. The number of Topliss-reactive ketones (excluding diaryl/α,β-unsaturated/α-hetero) is 1. The van der Waals surface area contributed by atoms with Gasteiger partial charge < -0.3 is 0 Å². The van der Waals surface area contributed by atoms with Crippen LogP contribution in [0.5, 0.6) is 0 Å². The molecule has 0 saturated carbocycles. The SMILES string of the molecule is CC(=O)C1(S)CN(Cc2ccccc2)CC1(S)S. The van der Waals surface area contributed by atoms with Gasteiger partial charge in [0.15, 0.2) is 0 Å². The maximum absolute atomic E-state index is 11.8. The minimum atomic E-state index is -0.798. The van der Waals surface area contributed by atoms with Crippen molar-refractivity contribution in [2.45, 2.75) is 22.3 Å². The van der Waals surface area contributed by atoms with E-state index in [-0.39, 0.29) is 5.78 Å². The molecule has 0 aromatic heterocycles. The van der Waals surface area contributed by atoms with E-state index in [0.29, 0.717) is 13.1 Å². The third-order valence-corrected chi connectivity index (χ3v) is 5.63. The average Bonchev–Trinajstić information content (AvgIpc) is 2.51. The number of ketones is 1. The molecule has 2 rings (SSSR count). The van der Waals surface area contributed by atoms with Crippen LogP contribution in [0.2, 0.25) is 0 Å². The van der Waals surface area contributed by atoms with Crippen LogP contribution in [0.4, 0.5) is 0 Å². The lowest BCUT2D eigenvalue weighted by molar-refractivity contribution is -0.119. The number of nitrogens with zero attached hydrogens (tertiary/aromatic N) is 1. The molecule has 98 valence electrons. The van der Waals surface area contributed by atoms with Gasteiger partial charge in [0.25, 0.3) is 0 Å². The molecule has 1 heterocycles. The van der Waals surface area contributed by atoms with Crippen molar-refractivity contribution in [3.63, 3.8) is 0 Å². The predicted molar refractivity (Wildman–Crippen MR) is 84.8 cm³/mol. The lowest BCUT2D eigenvalue weighted by Crippen LogP contribution is -2.46. The molecule has 2 nitrogen and oxygen atoms in total. The lowest BCUT2D eigenvalue weighted by atomic mass is 10.0. The van der Waals surface area contributed by atoms with Gasteiger partial charge in [-0.2, -0.15) is 37.9 Å². The quantitative estimate of drug-likeness (QED) is 0.588. The van der Waals surface area contributed by atoms with E-state index >= 15 is 0 Å². The number of hydrogen-bond donors (Lipinski definition) is 3. The van der Waals surface area contributed by atoms with Crippen molar-refractivity contribution in [2.75, 3.05) is 13.1 Å². The van der Waals surface area contributed by atoms with E-state index in [9.17, 15) is 4.79 Å². The van der Waals surface area contributed by atoms with E-state index in [1.54, 1.807) is 6.92 Å². The molecule has 0 bridgehead atoms. The fraction of sp³-hybridized carbons (Fsp3) is 0.462. The molecule has 5 heteroatoms. The van der Waals surface area contributed by atoms with Gasteiger partial charge in [-0.15, -0.1) is 0 Å². The van der Waals surface area contributed by atoms with Gasteiger partial charge in [-0.1, -0.05) is 30.3 Å². The van der Waals surface area contributed by atoms with Crippen LogP contribution in [0.15, 0.2) is 30.3 Å². The second kappa shape index (κ2) is 5.12. The molecule has 1 aliphatic rings. The second-order valence-corrected chi connectivity index (χ2v) is 7.51. The van der Waals surface area contributed by atoms with Gasteiger partial charge in [-0.3, -0.25) is 9.69 Å². The first-order chi connectivity index (χ1) is 8.35. The number of carbonyl (C=O) groups is 1. The van der Waals surface area contributed by atoms with Crippen LogP contribution in [-0.4, -0.2) is 32.6 Å². The number of carbonyl (C=O) groups excluding carboxylic acids is 1. The first-order valence-corrected chi connectivity index (χ1v) is 7.14. The van der Waals surface area contributed by atoms with Crippen LogP contribution in [0, 0.1) is 0 Å². The van der Waals surface area contributed by atoms with E-state index < -0.39 is 8.83 Å². The van der Waals surface area contributed by atoms with Gasteiger partial charge in [-0.25, -0.2) is 0 Å². The Balaban J connectivity index is 2.14. The summed E-state index contributed by atoms with van der Waals surface area (Å²) in [6.07, 6.45) is 0. The molecule has 0 spiro atoms. The van der Waals surface area contributed by atoms with Gasteiger partial charge in [0.1, 0.15) is 10.5 Å². The topological polar surface area (TPSA) is 20.3 Å². The molecule has 0 amide bonds. The second-order valence-electron chi connectivity index (χ2n) is 4.86. The maximum Gasteiger partial charge on any atom is 0.149 e. The summed E-state index contributed by atoms with van der Waals surface area (Å²) >= 11 is 13.6. The molecule has 1 aromatic carbocycles. The van der Waals surface area contributed by atoms with Crippen molar-refractivity contribution >= 4 is 43.7 Å². The zero-order valence-corrected chi connectivity index (χ0v) is 12.9. The van der Waals surface area contributed by atoms with Crippen LogP contribution in [0.1, 0.15) is 12.5 Å². The van der Waals surface area contributed by atoms with Gasteiger partial charge in [0, 0.05) is 19.6 Å². The largest absolute Gasteiger partial charge is 0.298 e. The maximum atomic E-state index is 11.8. The Labute approximate surface area is 124 Å². The minimum Gasteiger partial charge on any atom is -0.298 e. The summed E-state index contributed by atoms with van der Waals surface area (Å²) in [5.74, 6) is 0.0198. The molecule has 1 atom stereocenters. The Morgan fingerprint density at radius 3 is 2.33 bits per heavy atom. The summed E-state index contributed by atoms with van der Waals surface area (Å²) in [5, 5.41) is 0. The number of likely N-dealkylation sites (tertiary alicyclic amines) is 1. The summed E-state index contributed by atoms with van der Waals surface area (Å²) in [6.45, 7) is 3.56. The number of benzene rings is 1. The molecule has 1 fully saturated rings. The molecule has 1 aliphatic heterocycles. The zero-order valence-electron chi connectivity index (χ0n) is 10.2. The van der Waals surface area contributed by atoms with Crippen LogP contribution in [0.3, 0.4) is 0 Å². The summed E-state index contributed by atoms with van der Waals surface area (Å²) in [4.78, 5) is 14.0. The molecule has 0 radical (unpaired) electrons. The van der Waals surface area contributed by atoms with Crippen LogP contribution in [-0.2, 0) is 11.3 Å². The van der Waals surface area contributed by atoms with Crippen molar-refractivity contribution in [3.8, 4) is 0 Å². The summed E-state index contributed by atoms with van der Waals surface area (Å²) in [6, 6.07) is 10.2. The third kappa shape index (κ3) is 2.59. The molecular formula is C13H17NOS3. The predicted octanol–water partition coefficient (Wildman–Crippen LogP) is 2.32. The van der Waals surface area contributed by atoms with Crippen LogP contribution in [0.25, 0.3) is 0 Å². The highest BCUT2D eigenvalue weighted by Gasteiger charge is 2.54. The van der Waals surface area contributed by atoms with Crippen molar-refractivity contribution in [2.24, 2.45) is 0 Å². The number of rotatable bonds is 3. The number of thiol groups is 3. The molecule has 1 saturated heterocycles. The molecular weight excluding hydrogens is 282 g/mol. The zero-order chi connectivity index (χ0) is 13.4. The highest BCUT2D eigenvalue weighted by molar-refractivity contribution is 8.02. The smallest absolute Gasteiger partial charge is 0.149 e. The van der Waals surface area contributed by atoms with E-state index in [0.717, 1.165) is 6.54 Å². The Morgan fingerprint density at radius 1 is 1.22 bits per heavy atom. The molecule has 0 aliphatic carbocycles. The molecule has 1 unspecified atom stereocenters. The fourth-order valence-electron chi connectivity index (χ4n) is 2.30. The van der Waals surface area contributed by atoms with E-state index in [1.807, 2.05) is 18.2 Å². The lowest BCUT2D eigenvalue weighted by Gasteiger charge is -2.31. The fourth-order valence-corrected chi connectivity index (χ4v) is 3.42. The average molecular weight is 299 g/mol. The highest BCUT2D eigenvalue weighted by Crippen LogP contribution is 2.45. The van der Waals surface area contributed by atoms with Crippen LogP contribution < -0.4 is 0 Å². The van der Waals surface area contributed by atoms with E-state index in [2.05, 4.69) is 54.9 Å². The van der Waals surface area contributed by atoms with E-state index in [4.69, 9.17) is 0 Å². The standard InChI is InChI=1S/C13H17NOS3/c1-10(15)12(16)8-14(9-13(12,17)18)7-11-5-3-2-4-6-11/h2-6,16-18H,7-9H2,1H3. The first kappa shape index (κ1) is 14.3. The Morgan fingerprint density at radius 2 is 1.83 bits per heavy atom. The van der Waals surface area contributed by atoms with Crippen molar-refractivity contribution in [3.05, 3.63) is 35.9 Å². The normalized spacial score (nSPS) is 27.3. The monoisotopic (exact) mass is 299 g/mol. The summed E-state index contributed by atoms with van der Waals surface area (Å²) in [7, 11) is 0. The Bertz CT molecular complexity index is 449. The van der Waals surface area contributed by atoms with Crippen LogP contribution >= 0.6 is 37.9 Å². The van der Waals surface area contributed by atoms with Crippen molar-refractivity contribution < 1.29 is 4.79 Å². The Hall–Kier alpha value is -0.100. The van der Waals surface area contributed by atoms with Gasteiger partial charge in [0.05, 0.1) is 4.08 Å².